The predicted molar refractivity (Wildman–Crippen MR) is 70.8 cm³/mol. The van der Waals surface area contributed by atoms with Crippen molar-refractivity contribution < 1.29 is 4.79 Å². The van der Waals surface area contributed by atoms with Gasteiger partial charge in [0.05, 0.1) is 12.1 Å². The van der Waals surface area contributed by atoms with Crippen molar-refractivity contribution in [2.45, 2.75) is 46.2 Å². The van der Waals surface area contributed by atoms with E-state index in [4.69, 9.17) is 5.73 Å². The third kappa shape index (κ3) is 3.78. The van der Waals surface area contributed by atoms with Gasteiger partial charge in [0.2, 0.25) is 5.91 Å². The molecule has 0 spiro atoms. The lowest BCUT2D eigenvalue weighted by Crippen LogP contribution is -2.45. The van der Waals surface area contributed by atoms with Gasteiger partial charge in [-0.2, -0.15) is 0 Å². The molecule has 0 aromatic carbocycles. The van der Waals surface area contributed by atoms with E-state index < -0.39 is 6.04 Å². The van der Waals surface area contributed by atoms with E-state index in [2.05, 4.69) is 10.3 Å². The molecule has 4 nitrogen and oxygen atoms in total. The van der Waals surface area contributed by atoms with Crippen LogP contribution in [-0.2, 0) is 4.79 Å². The van der Waals surface area contributed by atoms with E-state index in [-0.39, 0.29) is 17.9 Å². The monoisotopic (exact) mass is 255 g/mol. The number of aromatic nitrogens is 1. The molecule has 1 rings (SSSR count). The van der Waals surface area contributed by atoms with Gasteiger partial charge in [-0.3, -0.25) is 4.79 Å². The molecular weight excluding hydrogens is 234 g/mol. The molecule has 0 radical (unpaired) electrons. The molecule has 3 unspecified atom stereocenters. The number of hydrogen-bond donors (Lipinski definition) is 2. The van der Waals surface area contributed by atoms with E-state index in [0.717, 1.165) is 17.1 Å². The Morgan fingerprint density at radius 2 is 2.24 bits per heavy atom. The van der Waals surface area contributed by atoms with Crippen LogP contribution < -0.4 is 11.1 Å². The van der Waals surface area contributed by atoms with Gasteiger partial charge in [0.25, 0.3) is 0 Å². The number of nitrogens with two attached hydrogens (primary N) is 1. The van der Waals surface area contributed by atoms with Gasteiger partial charge in [0, 0.05) is 11.1 Å². The second-order valence-corrected chi connectivity index (χ2v) is 5.36. The highest BCUT2D eigenvalue weighted by Crippen LogP contribution is 2.17. The molecule has 96 valence electrons. The maximum absolute atomic E-state index is 11.9. The molecule has 5 heteroatoms. The van der Waals surface area contributed by atoms with E-state index in [1.807, 2.05) is 33.1 Å². The predicted octanol–water partition coefficient (Wildman–Crippen LogP) is 2.00. The Morgan fingerprint density at radius 1 is 1.59 bits per heavy atom. The molecule has 17 heavy (non-hydrogen) atoms. The van der Waals surface area contributed by atoms with Gasteiger partial charge in [0.1, 0.15) is 5.01 Å². The molecule has 3 N–H and O–H groups in total. The standard InChI is InChI=1S/C12H21N3OS/c1-5-7(2)10(13)11(16)15-9(4)12-14-8(3)6-17-12/h6-7,9-10H,5,13H2,1-4H3,(H,15,16). The van der Waals surface area contributed by atoms with Crippen LogP contribution in [0, 0.1) is 12.8 Å². The van der Waals surface area contributed by atoms with E-state index in [1.54, 1.807) is 11.3 Å². The molecule has 1 amide bonds. The largest absolute Gasteiger partial charge is 0.346 e. The molecular formula is C12H21N3OS. The molecule has 3 atom stereocenters. The van der Waals surface area contributed by atoms with Crippen LogP contribution in [0.3, 0.4) is 0 Å². The fraction of sp³-hybridized carbons (Fsp3) is 0.667. The van der Waals surface area contributed by atoms with Crippen LogP contribution in [0.2, 0.25) is 0 Å². The highest BCUT2D eigenvalue weighted by Gasteiger charge is 2.21. The lowest BCUT2D eigenvalue weighted by atomic mass is 9.99. The molecule has 0 saturated heterocycles. The molecule has 1 heterocycles. The molecule has 0 saturated carbocycles. The Hall–Kier alpha value is -0.940. The van der Waals surface area contributed by atoms with Crippen LogP contribution in [0.15, 0.2) is 5.38 Å². The molecule has 0 bridgehead atoms. The third-order valence-corrected chi connectivity index (χ3v) is 4.07. The number of carbonyl (C=O) groups excluding carboxylic acids is 1. The van der Waals surface area contributed by atoms with Crippen molar-refractivity contribution in [3.63, 3.8) is 0 Å². The molecule has 1 aromatic rings. The highest BCUT2D eigenvalue weighted by atomic mass is 32.1. The first-order valence-corrected chi connectivity index (χ1v) is 6.81. The average molecular weight is 255 g/mol. The Morgan fingerprint density at radius 3 is 2.71 bits per heavy atom. The van der Waals surface area contributed by atoms with Crippen molar-refractivity contribution in [3.05, 3.63) is 16.1 Å². The first-order valence-electron chi connectivity index (χ1n) is 5.93. The van der Waals surface area contributed by atoms with E-state index in [0.29, 0.717) is 0 Å². The van der Waals surface area contributed by atoms with E-state index in [1.165, 1.54) is 0 Å². The van der Waals surface area contributed by atoms with Crippen molar-refractivity contribution in [2.75, 3.05) is 0 Å². The Balaban J connectivity index is 2.57. The number of amides is 1. The fourth-order valence-electron chi connectivity index (χ4n) is 1.45. The third-order valence-electron chi connectivity index (χ3n) is 2.93. The van der Waals surface area contributed by atoms with Crippen molar-refractivity contribution >= 4 is 17.2 Å². The molecule has 0 fully saturated rings. The average Bonchev–Trinajstić information content (AvgIpc) is 2.73. The van der Waals surface area contributed by atoms with Crippen molar-refractivity contribution in [2.24, 2.45) is 11.7 Å². The number of hydrogen-bond acceptors (Lipinski definition) is 4. The fourth-order valence-corrected chi connectivity index (χ4v) is 2.26. The topological polar surface area (TPSA) is 68.0 Å². The van der Waals surface area contributed by atoms with Gasteiger partial charge >= 0.3 is 0 Å². The highest BCUT2D eigenvalue weighted by molar-refractivity contribution is 7.09. The summed E-state index contributed by atoms with van der Waals surface area (Å²) >= 11 is 1.56. The summed E-state index contributed by atoms with van der Waals surface area (Å²) in [5.74, 6) is 0.0972. The zero-order valence-corrected chi connectivity index (χ0v) is 11.7. The number of carbonyl (C=O) groups is 1. The van der Waals surface area contributed by atoms with Crippen LogP contribution in [0.5, 0.6) is 0 Å². The number of thiazole rings is 1. The number of rotatable bonds is 5. The summed E-state index contributed by atoms with van der Waals surface area (Å²) in [7, 11) is 0. The van der Waals surface area contributed by atoms with Gasteiger partial charge < -0.3 is 11.1 Å². The molecule has 0 aliphatic rings. The Labute approximate surface area is 107 Å². The molecule has 0 aliphatic heterocycles. The Kier molecular flexibility index (Phi) is 5.08. The summed E-state index contributed by atoms with van der Waals surface area (Å²) in [6, 6.07) is -0.514. The zero-order chi connectivity index (χ0) is 13.0. The first-order chi connectivity index (χ1) is 7.95. The van der Waals surface area contributed by atoms with Crippen LogP contribution in [0.1, 0.15) is 43.9 Å². The second-order valence-electron chi connectivity index (χ2n) is 4.47. The lowest BCUT2D eigenvalue weighted by Gasteiger charge is -2.20. The van der Waals surface area contributed by atoms with Crippen LogP contribution >= 0.6 is 11.3 Å². The Bertz CT molecular complexity index is 378. The van der Waals surface area contributed by atoms with Gasteiger partial charge in [-0.1, -0.05) is 20.3 Å². The maximum Gasteiger partial charge on any atom is 0.237 e. The lowest BCUT2D eigenvalue weighted by molar-refractivity contribution is -0.124. The van der Waals surface area contributed by atoms with Gasteiger partial charge in [-0.15, -0.1) is 11.3 Å². The summed E-state index contributed by atoms with van der Waals surface area (Å²) in [4.78, 5) is 16.2. The smallest absolute Gasteiger partial charge is 0.237 e. The quantitative estimate of drug-likeness (QED) is 0.845. The number of aryl methyl sites for hydroxylation is 1. The summed E-state index contributed by atoms with van der Waals surface area (Å²) < 4.78 is 0. The van der Waals surface area contributed by atoms with Crippen molar-refractivity contribution in [1.82, 2.24) is 10.3 Å². The van der Waals surface area contributed by atoms with E-state index in [9.17, 15) is 4.79 Å². The summed E-state index contributed by atoms with van der Waals surface area (Å²) in [6.07, 6.45) is 0.902. The minimum absolute atomic E-state index is 0.0729. The molecule has 0 aliphatic carbocycles. The first kappa shape index (κ1) is 14.1. The summed E-state index contributed by atoms with van der Waals surface area (Å²) in [5, 5.41) is 5.81. The van der Waals surface area contributed by atoms with Gasteiger partial charge in [0.15, 0.2) is 0 Å². The zero-order valence-electron chi connectivity index (χ0n) is 10.9. The minimum atomic E-state index is -0.441. The second kappa shape index (κ2) is 6.12. The van der Waals surface area contributed by atoms with Crippen LogP contribution in [-0.4, -0.2) is 16.9 Å². The normalized spacial score (nSPS) is 16.3. The van der Waals surface area contributed by atoms with Crippen molar-refractivity contribution in [3.8, 4) is 0 Å². The van der Waals surface area contributed by atoms with Gasteiger partial charge in [-0.25, -0.2) is 4.98 Å². The SMILES string of the molecule is CCC(C)C(N)C(=O)NC(C)c1nc(C)cs1. The van der Waals surface area contributed by atoms with Crippen LogP contribution in [0.4, 0.5) is 0 Å². The summed E-state index contributed by atoms with van der Waals surface area (Å²) in [5.41, 5.74) is 6.86. The summed E-state index contributed by atoms with van der Waals surface area (Å²) in [6.45, 7) is 7.90. The molecule has 1 aromatic heterocycles. The maximum atomic E-state index is 11.9. The number of nitrogens with zero attached hydrogens (tertiary/aromatic N) is 1. The number of nitrogens with one attached hydrogen (secondary N) is 1. The van der Waals surface area contributed by atoms with E-state index >= 15 is 0 Å². The van der Waals surface area contributed by atoms with Crippen molar-refractivity contribution in [1.29, 1.82) is 0 Å². The minimum Gasteiger partial charge on any atom is -0.346 e. The van der Waals surface area contributed by atoms with Crippen LogP contribution in [0.25, 0.3) is 0 Å². The van der Waals surface area contributed by atoms with Gasteiger partial charge in [-0.05, 0) is 19.8 Å².